The van der Waals surface area contributed by atoms with Gasteiger partial charge in [-0.2, -0.15) is 0 Å². The van der Waals surface area contributed by atoms with Crippen LogP contribution in [0.3, 0.4) is 0 Å². The maximum absolute atomic E-state index is 10.7. The summed E-state index contributed by atoms with van der Waals surface area (Å²) < 4.78 is 5.64. The second-order valence-corrected chi connectivity index (χ2v) is 3.91. The van der Waals surface area contributed by atoms with Gasteiger partial charge in [0, 0.05) is 5.56 Å². The van der Waals surface area contributed by atoms with Crippen LogP contribution in [0.15, 0.2) is 48.5 Å². The molecule has 0 fully saturated rings. The largest absolute Gasteiger partial charge is 0.487 e. The van der Waals surface area contributed by atoms with Gasteiger partial charge in [0.1, 0.15) is 18.6 Å². The summed E-state index contributed by atoms with van der Waals surface area (Å²) in [4.78, 5) is 21.2. The van der Waals surface area contributed by atoms with Crippen LogP contribution in [0, 0.1) is 0 Å². The Morgan fingerprint density at radius 2 is 1.84 bits per heavy atom. The predicted octanol–water partition coefficient (Wildman–Crippen LogP) is 2.65. The van der Waals surface area contributed by atoms with Crippen LogP contribution < -0.4 is 10.1 Å². The molecule has 2 aromatic rings. The summed E-state index contributed by atoms with van der Waals surface area (Å²) in [6.45, 7) is 0.398. The van der Waals surface area contributed by atoms with Gasteiger partial charge in [-0.1, -0.05) is 30.3 Å². The first-order valence-electron chi connectivity index (χ1n) is 5.79. The SMILES string of the molecule is O=CNc1cc(C=O)ccc1OCc1ccccc1. The zero-order valence-electron chi connectivity index (χ0n) is 10.2. The Hall–Kier alpha value is -2.62. The van der Waals surface area contributed by atoms with Gasteiger partial charge >= 0.3 is 0 Å². The summed E-state index contributed by atoms with van der Waals surface area (Å²) in [6.07, 6.45) is 1.27. The smallest absolute Gasteiger partial charge is 0.211 e. The van der Waals surface area contributed by atoms with E-state index in [1.165, 1.54) is 0 Å². The fourth-order valence-corrected chi connectivity index (χ4v) is 1.66. The Labute approximate surface area is 111 Å². The number of hydrogen-bond acceptors (Lipinski definition) is 3. The van der Waals surface area contributed by atoms with E-state index in [2.05, 4.69) is 5.32 Å². The van der Waals surface area contributed by atoms with E-state index in [0.29, 0.717) is 30.0 Å². The van der Waals surface area contributed by atoms with E-state index < -0.39 is 0 Å². The molecule has 19 heavy (non-hydrogen) atoms. The van der Waals surface area contributed by atoms with Crippen LogP contribution in [-0.2, 0) is 11.4 Å². The zero-order chi connectivity index (χ0) is 13.5. The molecule has 0 saturated heterocycles. The molecule has 2 rings (SSSR count). The minimum Gasteiger partial charge on any atom is -0.487 e. The summed E-state index contributed by atoms with van der Waals surface area (Å²) in [5.41, 5.74) is 1.99. The third-order valence-electron chi connectivity index (χ3n) is 2.59. The third-order valence-corrected chi connectivity index (χ3v) is 2.59. The quantitative estimate of drug-likeness (QED) is 0.807. The maximum atomic E-state index is 10.7. The van der Waals surface area contributed by atoms with Gasteiger partial charge in [0.15, 0.2) is 0 Å². The average Bonchev–Trinajstić information content (AvgIpc) is 2.47. The van der Waals surface area contributed by atoms with Crippen molar-refractivity contribution in [2.45, 2.75) is 6.61 Å². The highest BCUT2D eigenvalue weighted by Crippen LogP contribution is 2.25. The van der Waals surface area contributed by atoms with Crippen molar-refractivity contribution in [2.24, 2.45) is 0 Å². The van der Waals surface area contributed by atoms with E-state index in [1.807, 2.05) is 30.3 Å². The second-order valence-electron chi connectivity index (χ2n) is 3.91. The van der Waals surface area contributed by atoms with Gasteiger partial charge in [-0.05, 0) is 23.8 Å². The van der Waals surface area contributed by atoms with Crippen molar-refractivity contribution >= 4 is 18.4 Å². The first kappa shape index (κ1) is 12.8. The summed E-state index contributed by atoms with van der Waals surface area (Å²) >= 11 is 0. The standard InChI is InChI=1S/C15H13NO3/c17-9-13-6-7-15(14(8-13)16-11-18)19-10-12-4-2-1-3-5-12/h1-9,11H,10H2,(H,16,18). The van der Waals surface area contributed by atoms with Crippen molar-refractivity contribution in [3.63, 3.8) is 0 Å². The Bertz CT molecular complexity index is 567. The van der Waals surface area contributed by atoms with Crippen molar-refractivity contribution in [1.82, 2.24) is 0 Å². The monoisotopic (exact) mass is 255 g/mol. The molecule has 0 spiro atoms. The minimum absolute atomic E-state index is 0.398. The normalized spacial score (nSPS) is 9.68. The van der Waals surface area contributed by atoms with Crippen molar-refractivity contribution in [2.75, 3.05) is 5.32 Å². The number of carbonyl (C=O) groups excluding carboxylic acids is 2. The van der Waals surface area contributed by atoms with Crippen LogP contribution in [0.25, 0.3) is 0 Å². The topological polar surface area (TPSA) is 55.4 Å². The highest BCUT2D eigenvalue weighted by Gasteiger charge is 2.05. The Balaban J connectivity index is 2.14. The van der Waals surface area contributed by atoms with Crippen molar-refractivity contribution < 1.29 is 14.3 Å². The fourth-order valence-electron chi connectivity index (χ4n) is 1.66. The molecule has 2 aromatic carbocycles. The molecule has 0 bridgehead atoms. The summed E-state index contributed by atoms with van der Waals surface area (Å²) in [6, 6.07) is 14.6. The lowest BCUT2D eigenvalue weighted by Crippen LogP contribution is -2.01. The lowest BCUT2D eigenvalue weighted by molar-refractivity contribution is -0.105. The number of carbonyl (C=O) groups is 2. The van der Waals surface area contributed by atoms with E-state index in [0.717, 1.165) is 11.8 Å². The molecule has 0 aromatic heterocycles. The van der Waals surface area contributed by atoms with Gasteiger partial charge in [0.05, 0.1) is 5.69 Å². The Kier molecular flexibility index (Phi) is 4.29. The van der Waals surface area contributed by atoms with Gasteiger partial charge in [0.2, 0.25) is 6.41 Å². The first-order valence-corrected chi connectivity index (χ1v) is 5.79. The highest BCUT2D eigenvalue weighted by atomic mass is 16.5. The van der Waals surface area contributed by atoms with Crippen LogP contribution in [0.5, 0.6) is 5.75 Å². The number of amides is 1. The van der Waals surface area contributed by atoms with Crippen molar-refractivity contribution in [1.29, 1.82) is 0 Å². The number of nitrogens with one attached hydrogen (secondary N) is 1. The molecule has 0 aliphatic heterocycles. The van der Waals surface area contributed by atoms with E-state index >= 15 is 0 Å². The maximum Gasteiger partial charge on any atom is 0.211 e. The third kappa shape index (κ3) is 3.42. The van der Waals surface area contributed by atoms with Gasteiger partial charge in [0.25, 0.3) is 0 Å². The predicted molar refractivity (Wildman–Crippen MR) is 72.3 cm³/mol. The molecule has 0 aliphatic rings. The number of rotatable bonds is 6. The molecule has 1 N–H and O–H groups in total. The fraction of sp³-hybridized carbons (Fsp3) is 0.0667. The molecule has 0 radical (unpaired) electrons. The number of hydrogen-bond donors (Lipinski definition) is 1. The average molecular weight is 255 g/mol. The number of anilines is 1. The van der Waals surface area contributed by atoms with Gasteiger partial charge in [-0.15, -0.1) is 0 Å². The molecule has 0 saturated carbocycles. The van der Waals surface area contributed by atoms with E-state index in [4.69, 9.17) is 4.74 Å². The van der Waals surface area contributed by atoms with E-state index in [1.54, 1.807) is 18.2 Å². The van der Waals surface area contributed by atoms with E-state index in [-0.39, 0.29) is 0 Å². The van der Waals surface area contributed by atoms with Crippen molar-refractivity contribution in [3.8, 4) is 5.75 Å². The van der Waals surface area contributed by atoms with Gasteiger partial charge in [-0.3, -0.25) is 9.59 Å². The molecule has 4 heteroatoms. The number of benzene rings is 2. The molecule has 0 aliphatic carbocycles. The molecular formula is C15H13NO3. The molecule has 0 heterocycles. The van der Waals surface area contributed by atoms with Crippen LogP contribution in [0.1, 0.15) is 15.9 Å². The molecule has 96 valence electrons. The zero-order valence-corrected chi connectivity index (χ0v) is 10.2. The molecule has 0 atom stereocenters. The minimum atomic E-state index is 0.398. The Morgan fingerprint density at radius 3 is 2.53 bits per heavy atom. The lowest BCUT2D eigenvalue weighted by Gasteiger charge is -2.11. The van der Waals surface area contributed by atoms with Gasteiger partial charge in [-0.25, -0.2) is 0 Å². The van der Waals surface area contributed by atoms with Crippen LogP contribution in [0.4, 0.5) is 5.69 Å². The summed E-state index contributed by atoms with van der Waals surface area (Å²) in [5.74, 6) is 0.529. The Morgan fingerprint density at radius 1 is 1.05 bits per heavy atom. The van der Waals surface area contributed by atoms with Crippen LogP contribution in [-0.4, -0.2) is 12.7 Å². The van der Waals surface area contributed by atoms with Gasteiger partial charge < -0.3 is 10.1 Å². The summed E-state index contributed by atoms with van der Waals surface area (Å²) in [5, 5.41) is 2.52. The lowest BCUT2D eigenvalue weighted by atomic mass is 10.2. The molecule has 4 nitrogen and oxygen atoms in total. The molecular weight excluding hydrogens is 242 g/mol. The second kappa shape index (κ2) is 6.35. The van der Waals surface area contributed by atoms with Crippen LogP contribution >= 0.6 is 0 Å². The van der Waals surface area contributed by atoms with Crippen LogP contribution in [0.2, 0.25) is 0 Å². The molecule has 0 unspecified atom stereocenters. The first-order chi connectivity index (χ1) is 9.33. The van der Waals surface area contributed by atoms with E-state index in [9.17, 15) is 9.59 Å². The summed E-state index contributed by atoms with van der Waals surface area (Å²) in [7, 11) is 0. The number of ether oxygens (including phenoxy) is 1. The highest BCUT2D eigenvalue weighted by molar-refractivity contribution is 5.82. The van der Waals surface area contributed by atoms with Crippen molar-refractivity contribution in [3.05, 3.63) is 59.7 Å². The molecule has 1 amide bonds. The number of aldehydes is 1.